The van der Waals surface area contributed by atoms with Gasteiger partial charge in [-0.15, -0.1) is 0 Å². The minimum atomic E-state index is -0.937. The van der Waals surface area contributed by atoms with Crippen molar-refractivity contribution in [2.75, 3.05) is 10.9 Å². The highest BCUT2D eigenvalue weighted by Crippen LogP contribution is 2.11. The highest BCUT2D eigenvalue weighted by Gasteiger charge is 1.99. The molecule has 0 aliphatic rings. The molecule has 0 fully saturated rings. The monoisotopic (exact) mass is 276 g/mol. The lowest BCUT2D eigenvalue weighted by Crippen LogP contribution is -2.06. The number of phenolic OH excluding ortho intramolecular Hbond substituents is 1. The summed E-state index contributed by atoms with van der Waals surface area (Å²) in [6.45, 7) is 0. The van der Waals surface area contributed by atoms with E-state index in [4.69, 9.17) is 21.9 Å². The first-order chi connectivity index (χ1) is 9.56. The Hall–Kier alpha value is -2.77. The SMILES string of the molecule is NNc1ccc(C(=O)O)cc1.NNc1ccc(O)cc1. The lowest BCUT2D eigenvalue weighted by molar-refractivity contribution is 0.0697. The summed E-state index contributed by atoms with van der Waals surface area (Å²) in [5.41, 5.74) is 6.57. The van der Waals surface area contributed by atoms with Crippen molar-refractivity contribution in [1.29, 1.82) is 0 Å². The van der Waals surface area contributed by atoms with Gasteiger partial charge in [0.2, 0.25) is 0 Å². The fraction of sp³-hybridized carbons (Fsp3) is 0. The van der Waals surface area contributed by atoms with Crippen LogP contribution in [0.3, 0.4) is 0 Å². The Morgan fingerprint density at radius 2 is 1.25 bits per heavy atom. The van der Waals surface area contributed by atoms with Crippen molar-refractivity contribution in [3.8, 4) is 5.75 Å². The molecule has 0 aliphatic heterocycles. The van der Waals surface area contributed by atoms with Gasteiger partial charge < -0.3 is 21.1 Å². The van der Waals surface area contributed by atoms with Gasteiger partial charge >= 0.3 is 5.97 Å². The van der Waals surface area contributed by atoms with Gasteiger partial charge in [0, 0.05) is 11.4 Å². The first kappa shape index (κ1) is 15.3. The molecular formula is C13H16N4O3. The maximum absolute atomic E-state index is 10.3. The minimum Gasteiger partial charge on any atom is -0.508 e. The topological polar surface area (TPSA) is 134 Å². The Bertz CT molecular complexity index is 541. The van der Waals surface area contributed by atoms with E-state index in [9.17, 15) is 4.79 Å². The molecule has 0 radical (unpaired) electrons. The van der Waals surface area contributed by atoms with Crippen molar-refractivity contribution in [3.05, 3.63) is 54.1 Å². The molecule has 106 valence electrons. The number of hydrazine groups is 2. The summed E-state index contributed by atoms with van der Waals surface area (Å²) in [5, 5.41) is 17.3. The number of carbonyl (C=O) groups is 1. The number of carboxylic acids is 1. The van der Waals surface area contributed by atoms with Crippen molar-refractivity contribution in [3.63, 3.8) is 0 Å². The largest absolute Gasteiger partial charge is 0.508 e. The van der Waals surface area contributed by atoms with E-state index in [1.54, 1.807) is 36.4 Å². The molecule has 2 aromatic carbocycles. The third-order valence-electron chi connectivity index (χ3n) is 2.33. The molecule has 0 saturated heterocycles. The number of anilines is 2. The normalized spacial score (nSPS) is 9.10. The molecule has 7 heteroatoms. The van der Waals surface area contributed by atoms with Crippen LogP contribution in [0.25, 0.3) is 0 Å². The van der Waals surface area contributed by atoms with Gasteiger partial charge in [-0.25, -0.2) is 4.79 Å². The van der Waals surface area contributed by atoms with Crippen LogP contribution in [0, 0.1) is 0 Å². The number of nitrogens with two attached hydrogens (primary N) is 2. The highest BCUT2D eigenvalue weighted by molar-refractivity contribution is 5.87. The fourth-order valence-electron chi connectivity index (χ4n) is 1.27. The first-order valence-corrected chi connectivity index (χ1v) is 5.62. The zero-order valence-electron chi connectivity index (χ0n) is 10.6. The summed E-state index contributed by atoms with van der Waals surface area (Å²) in [5.74, 6) is 9.45. The van der Waals surface area contributed by atoms with Crippen LogP contribution < -0.4 is 22.5 Å². The number of nitrogen functional groups attached to an aromatic ring is 2. The van der Waals surface area contributed by atoms with Crippen molar-refractivity contribution in [1.82, 2.24) is 0 Å². The number of phenols is 1. The van der Waals surface area contributed by atoms with Gasteiger partial charge in [-0.3, -0.25) is 11.7 Å². The van der Waals surface area contributed by atoms with Gasteiger partial charge in [0.05, 0.1) is 5.56 Å². The van der Waals surface area contributed by atoms with Gasteiger partial charge in [0.1, 0.15) is 5.75 Å². The molecule has 0 unspecified atom stereocenters. The summed E-state index contributed by atoms with van der Waals surface area (Å²) >= 11 is 0. The van der Waals surface area contributed by atoms with E-state index in [1.165, 1.54) is 12.1 Å². The Morgan fingerprint density at radius 1 is 0.850 bits per heavy atom. The molecule has 0 atom stereocenters. The van der Waals surface area contributed by atoms with Crippen LogP contribution in [0.5, 0.6) is 5.75 Å². The molecule has 0 heterocycles. The maximum atomic E-state index is 10.3. The Kier molecular flexibility index (Phi) is 5.82. The summed E-state index contributed by atoms with van der Waals surface area (Å²) in [4.78, 5) is 10.3. The summed E-state index contributed by atoms with van der Waals surface area (Å²) in [7, 11) is 0. The van der Waals surface area contributed by atoms with Crippen molar-refractivity contribution >= 4 is 17.3 Å². The molecule has 0 bridgehead atoms. The second-order valence-electron chi connectivity index (χ2n) is 3.72. The van der Waals surface area contributed by atoms with Gasteiger partial charge in [0.15, 0.2) is 0 Å². The average molecular weight is 276 g/mol. The molecule has 2 aromatic rings. The maximum Gasteiger partial charge on any atom is 0.335 e. The van der Waals surface area contributed by atoms with Crippen molar-refractivity contribution in [2.45, 2.75) is 0 Å². The third kappa shape index (κ3) is 4.84. The smallest absolute Gasteiger partial charge is 0.335 e. The predicted octanol–water partition coefficient (Wildman–Crippen LogP) is 1.35. The van der Waals surface area contributed by atoms with Crippen LogP contribution in [-0.4, -0.2) is 16.2 Å². The van der Waals surface area contributed by atoms with Crippen LogP contribution in [0.4, 0.5) is 11.4 Å². The zero-order chi connectivity index (χ0) is 15.0. The lowest BCUT2D eigenvalue weighted by atomic mass is 10.2. The van der Waals surface area contributed by atoms with Crippen LogP contribution in [0.1, 0.15) is 10.4 Å². The number of hydrogen-bond donors (Lipinski definition) is 6. The summed E-state index contributed by atoms with van der Waals surface area (Å²) < 4.78 is 0. The Labute approximate surface area is 115 Å². The number of hydrogen-bond acceptors (Lipinski definition) is 6. The zero-order valence-corrected chi connectivity index (χ0v) is 10.6. The Balaban J connectivity index is 0.000000204. The van der Waals surface area contributed by atoms with Gasteiger partial charge in [-0.1, -0.05) is 0 Å². The highest BCUT2D eigenvalue weighted by atomic mass is 16.4. The molecule has 0 amide bonds. The number of nitrogens with one attached hydrogen (secondary N) is 2. The van der Waals surface area contributed by atoms with Crippen LogP contribution in [-0.2, 0) is 0 Å². The van der Waals surface area contributed by atoms with E-state index in [0.717, 1.165) is 5.69 Å². The van der Waals surface area contributed by atoms with E-state index in [0.29, 0.717) is 5.69 Å². The summed E-state index contributed by atoms with van der Waals surface area (Å²) in [6, 6.07) is 12.7. The molecule has 0 aliphatic carbocycles. The molecule has 0 aromatic heterocycles. The van der Waals surface area contributed by atoms with Gasteiger partial charge in [0.25, 0.3) is 0 Å². The number of benzene rings is 2. The molecular weight excluding hydrogens is 260 g/mol. The predicted molar refractivity (Wildman–Crippen MR) is 77.1 cm³/mol. The molecule has 2 rings (SSSR count). The van der Waals surface area contributed by atoms with Gasteiger partial charge in [-0.2, -0.15) is 0 Å². The van der Waals surface area contributed by atoms with Crippen LogP contribution in [0.2, 0.25) is 0 Å². The minimum absolute atomic E-state index is 0.244. The second kappa shape index (κ2) is 7.62. The van der Waals surface area contributed by atoms with E-state index in [2.05, 4.69) is 10.9 Å². The van der Waals surface area contributed by atoms with Crippen LogP contribution >= 0.6 is 0 Å². The van der Waals surface area contributed by atoms with E-state index < -0.39 is 5.97 Å². The quantitative estimate of drug-likeness (QED) is 0.283. The number of rotatable bonds is 3. The first-order valence-electron chi connectivity index (χ1n) is 5.62. The fourth-order valence-corrected chi connectivity index (χ4v) is 1.27. The Morgan fingerprint density at radius 3 is 1.60 bits per heavy atom. The molecule has 0 spiro atoms. The van der Waals surface area contributed by atoms with E-state index >= 15 is 0 Å². The molecule has 20 heavy (non-hydrogen) atoms. The van der Waals surface area contributed by atoms with Crippen LogP contribution in [0.15, 0.2) is 48.5 Å². The number of aromatic hydroxyl groups is 1. The molecule has 8 N–H and O–H groups in total. The molecule has 0 saturated carbocycles. The summed E-state index contributed by atoms with van der Waals surface area (Å²) in [6.07, 6.45) is 0. The second-order valence-corrected chi connectivity index (χ2v) is 3.72. The van der Waals surface area contributed by atoms with E-state index in [-0.39, 0.29) is 11.3 Å². The number of carboxylic acid groups (broad SMARTS) is 1. The lowest BCUT2D eigenvalue weighted by Gasteiger charge is -1.98. The average Bonchev–Trinajstić information content (AvgIpc) is 2.49. The van der Waals surface area contributed by atoms with E-state index in [1.807, 2.05) is 0 Å². The van der Waals surface area contributed by atoms with Crippen molar-refractivity contribution in [2.24, 2.45) is 11.7 Å². The number of aromatic carboxylic acids is 1. The van der Waals surface area contributed by atoms with Crippen molar-refractivity contribution < 1.29 is 15.0 Å². The standard InChI is InChI=1S/C7H8N2O2.C6H8N2O/c8-9-6-3-1-5(2-4-6)7(10)11;7-8-5-1-3-6(9)4-2-5/h1-4,9H,8H2,(H,10,11);1-4,8-9H,7H2. The third-order valence-corrected chi connectivity index (χ3v) is 2.33. The van der Waals surface area contributed by atoms with Gasteiger partial charge in [-0.05, 0) is 48.5 Å². The molecule has 7 nitrogen and oxygen atoms in total.